The molecule has 1 heterocycles. The second kappa shape index (κ2) is 9.81. The lowest BCUT2D eigenvalue weighted by Crippen LogP contribution is -2.29. The number of hydrogen-bond acceptors (Lipinski definition) is 4. The second-order valence-corrected chi connectivity index (χ2v) is 7.48. The Hall–Kier alpha value is -1.75. The number of carbonyl (C=O) groups excluding carboxylic acids is 1. The van der Waals surface area contributed by atoms with Crippen molar-refractivity contribution in [3.05, 3.63) is 23.8 Å². The third-order valence-electron chi connectivity index (χ3n) is 5.58. The minimum atomic E-state index is 0.123. The Morgan fingerprint density at radius 3 is 2.69 bits per heavy atom. The maximum absolute atomic E-state index is 12.3. The first-order valence-corrected chi connectivity index (χ1v) is 10.1. The predicted molar refractivity (Wildman–Crippen MR) is 103 cm³/mol. The SMILES string of the molecule is COc1cccc(CNC(=O)CCC2CCNCC2)c1OC1CCCC1. The fraction of sp³-hybridized carbons (Fsp3) is 0.667. The standard InChI is InChI=1S/C21H32N2O3/c1-25-19-8-4-5-17(21(19)26-18-6-2-3-7-18)15-23-20(24)10-9-16-11-13-22-14-12-16/h4-5,8,16,18,22H,2-3,6-7,9-15H2,1H3,(H,23,24). The van der Waals surface area contributed by atoms with Gasteiger partial charge < -0.3 is 20.1 Å². The molecule has 2 fully saturated rings. The number of ether oxygens (including phenoxy) is 2. The molecule has 3 rings (SSSR count). The lowest BCUT2D eigenvalue weighted by molar-refractivity contribution is -0.121. The average Bonchev–Trinajstić information content (AvgIpc) is 3.19. The van der Waals surface area contributed by atoms with Gasteiger partial charge in [0.25, 0.3) is 0 Å². The zero-order valence-corrected chi connectivity index (χ0v) is 15.9. The van der Waals surface area contributed by atoms with E-state index in [1.165, 1.54) is 25.7 Å². The molecule has 1 aliphatic heterocycles. The molecule has 0 atom stereocenters. The van der Waals surface area contributed by atoms with Gasteiger partial charge in [0.05, 0.1) is 13.2 Å². The molecule has 1 aromatic carbocycles. The van der Waals surface area contributed by atoms with Gasteiger partial charge in [-0.05, 0) is 70.0 Å². The van der Waals surface area contributed by atoms with E-state index in [4.69, 9.17) is 9.47 Å². The van der Waals surface area contributed by atoms with Crippen LogP contribution in [0.25, 0.3) is 0 Å². The summed E-state index contributed by atoms with van der Waals surface area (Å²) >= 11 is 0. The van der Waals surface area contributed by atoms with Crippen molar-refractivity contribution in [2.24, 2.45) is 5.92 Å². The van der Waals surface area contributed by atoms with E-state index in [-0.39, 0.29) is 12.0 Å². The van der Waals surface area contributed by atoms with Gasteiger partial charge in [0.15, 0.2) is 11.5 Å². The highest BCUT2D eigenvalue weighted by molar-refractivity contribution is 5.76. The number of carbonyl (C=O) groups is 1. The first kappa shape index (κ1) is 19.0. The molecule has 1 saturated carbocycles. The van der Waals surface area contributed by atoms with Gasteiger partial charge in [0.1, 0.15) is 0 Å². The number of nitrogens with one attached hydrogen (secondary N) is 2. The molecule has 0 spiro atoms. The number of hydrogen-bond donors (Lipinski definition) is 2. The number of piperidine rings is 1. The minimum absolute atomic E-state index is 0.123. The van der Waals surface area contributed by atoms with Crippen LogP contribution >= 0.6 is 0 Å². The summed E-state index contributed by atoms with van der Waals surface area (Å²) in [6.07, 6.45) is 8.86. The normalized spacial score (nSPS) is 18.7. The Labute approximate surface area is 156 Å². The van der Waals surface area contributed by atoms with Crippen LogP contribution in [0.5, 0.6) is 11.5 Å². The first-order chi connectivity index (χ1) is 12.8. The average molecular weight is 360 g/mol. The fourth-order valence-corrected chi connectivity index (χ4v) is 3.96. The van der Waals surface area contributed by atoms with Crippen LogP contribution in [-0.4, -0.2) is 32.2 Å². The van der Waals surface area contributed by atoms with Crippen molar-refractivity contribution in [2.75, 3.05) is 20.2 Å². The van der Waals surface area contributed by atoms with Crippen molar-refractivity contribution in [2.45, 2.75) is 64.0 Å². The highest BCUT2D eigenvalue weighted by atomic mass is 16.5. The Balaban J connectivity index is 1.53. The molecule has 0 aromatic heterocycles. The predicted octanol–water partition coefficient (Wildman–Crippen LogP) is 3.41. The highest BCUT2D eigenvalue weighted by Crippen LogP contribution is 2.34. The van der Waals surface area contributed by atoms with Gasteiger partial charge >= 0.3 is 0 Å². The Kier molecular flexibility index (Phi) is 7.18. The molecule has 1 aromatic rings. The van der Waals surface area contributed by atoms with Crippen LogP contribution in [0.2, 0.25) is 0 Å². The van der Waals surface area contributed by atoms with Crippen LogP contribution in [0, 0.1) is 5.92 Å². The number of amides is 1. The molecule has 144 valence electrons. The smallest absolute Gasteiger partial charge is 0.220 e. The van der Waals surface area contributed by atoms with Crippen molar-refractivity contribution in [3.63, 3.8) is 0 Å². The molecular weight excluding hydrogens is 328 g/mol. The number of rotatable bonds is 8. The second-order valence-electron chi connectivity index (χ2n) is 7.48. The van der Waals surface area contributed by atoms with Gasteiger partial charge in [-0.2, -0.15) is 0 Å². The Bertz CT molecular complexity index is 579. The van der Waals surface area contributed by atoms with Crippen LogP contribution in [0.15, 0.2) is 18.2 Å². The minimum Gasteiger partial charge on any atom is -0.493 e. The summed E-state index contributed by atoms with van der Waals surface area (Å²) < 4.78 is 11.7. The third kappa shape index (κ3) is 5.37. The van der Waals surface area contributed by atoms with Gasteiger partial charge in [0, 0.05) is 18.5 Å². The van der Waals surface area contributed by atoms with Gasteiger partial charge in [-0.3, -0.25) is 4.79 Å². The molecule has 26 heavy (non-hydrogen) atoms. The Morgan fingerprint density at radius 2 is 1.96 bits per heavy atom. The zero-order valence-electron chi connectivity index (χ0n) is 15.9. The number of methoxy groups -OCH3 is 1. The molecule has 0 unspecified atom stereocenters. The van der Waals surface area contributed by atoms with Gasteiger partial charge in [-0.15, -0.1) is 0 Å². The molecule has 1 aliphatic carbocycles. The maximum atomic E-state index is 12.3. The van der Waals surface area contributed by atoms with Crippen molar-refractivity contribution in [1.29, 1.82) is 0 Å². The summed E-state index contributed by atoms with van der Waals surface area (Å²) in [5.74, 6) is 2.34. The van der Waals surface area contributed by atoms with E-state index < -0.39 is 0 Å². The molecule has 1 saturated heterocycles. The summed E-state index contributed by atoms with van der Waals surface area (Å²) in [5.41, 5.74) is 0.992. The zero-order chi connectivity index (χ0) is 18.2. The van der Waals surface area contributed by atoms with Gasteiger partial charge in [-0.25, -0.2) is 0 Å². The van der Waals surface area contributed by atoms with E-state index in [2.05, 4.69) is 10.6 Å². The molecule has 1 amide bonds. The maximum Gasteiger partial charge on any atom is 0.220 e. The molecule has 2 N–H and O–H groups in total. The Morgan fingerprint density at radius 1 is 1.19 bits per heavy atom. The third-order valence-corrected chi connectivity index (χ3v) is 5.58. The van der Waals surface area contributed by atoms with Crippen molar-refractivity contribution in [1.82, 2.24) is 10.6 Å². The van der Waals surface area contributed by atoms with Crippen molar-refractivity contribution < 1.29 is 14.3 Å². The molecule has 0 radical (unpaired) electrons. The fourth-order valence-electron chi connectivity index (χ4n) is 3.96. The summed E-state index contributed by atoms with van der Waals surface area (Å²) in [6, 6.07) is 5.89. The first-order valence-electron chi connectivity index (χ1n) is 10.1. The summed E-state index contributed by atoms with van der Waals surface area (Å²) in [5, 5.41) is 6.43. The van der Waals surface area contributed by atoms with E-state index in [9.17, 15) is 4.79 Å². The molecule has 5 nitrogen and oxygen atoms in total. The van der Waals surface area contributed by atoms with Crippen LogP contribution in [-0.2, 0) is 11.3 Å². The lowest BCUT2D eigenvalue weighted by Gasteiger charge is -2.22. The molecular formula is C21H32N2O3. The van der Waals surface area contributed by atoms with Crippen LogP contribution in [0.3, 0.4) is 0 Å². The van der Waals surface area contributed by atoms with Gasteiger partial charge in [0.2, 0.25) is 5.91 Å². The van der Waals surface area contributed by atoms with E-state index in [0.717, 1.165) is 49.4 Å². The van der Waals surface area contributed by atoms with E-state index in [1.54, 1.807) is 7.11 Å². The monoisotopic (exact) mass is 360 g/mol. The largest absolute Gasteiger partial charge is 0.493 e. The lowest BCUT2D eigenvalue weighted by atomic mass is 9.93. The van der Waals surface area contributed by atoms with E-state index >= 15 is 0 Å². The van der Waals surface area contributed by atoms with E-state index in [0.29, 0.717) is 18.9 Å². The number of benzene rings is 1. The van der Waals surface area contributed by atoms with Gasteiger partial charge in [-0.1, -0.05) is 12.1 Å². The quantitative estimate of drug-likeness (QED) is 0.746. The molecule has 2 aliphatic rings. The summed E-state index contributed by atoms with van der Waals surface area (Å²) in [6.45, 7) is 2.65. The summed E-state index contributed by atoms with van der Waals surface area (Å²) in [7, 11) is 1.66. The van der Waals surface area contributed by atoms with Crippen LogP contribution in [0.1, 0.15) is 56.9 Å². The van der Waals surface area contributed by atoms with Crippen LogP contribution < -0.4 is 20.1 Å². The summed E-state index contributed by atoms with van der Waals surface area (Å²) in [4.78, 5) is 12.3. The highest BCUT2D eigenvalue weighted by Gasteiger charge is 2.21. The van der Waals surface area contributed by atoms with Crippen LogP contribution in [0.4, 0.5) is 0 Å². The number of para-hydroxylation sites is 1. The van der Waals surface area contributed by atoms with Crippen molar-refractivity contribution in [3.8, 4) is 11.5 Å². The topological polar surface area (TPSA) is 59.6 Å². The molecule has 5 heteroatoms. The molecule has 0 bridgehead atoms. The van der Waals surface area contributed by atoms with E-state index in [1.807, 2.05) is 18.2 Å². The van der Waals surface area contributed by atoms with Crippen molar-refractivity contribution >= 4 is 5.91 Å².